The number of aromatic carboxylic acids is 1. The first-order valence-electron chi connectivity index (χ1n) is 15.0. The maximum Gasteiger partial charge on any atom is 0.335 e. The number of benzene rings is 2. The van der Waals surface area contributed by atoms with Crippen molar-refractivity contribution in [3.8, 4) is 23.5 Å². The molecule has 0 spiro atoms. The third-order valence-corrected chi connectivity index (χ3v) is 9.34. The molecule has 0 amide bonds. The molecule has 2 bridgehead atoms. The number of Topliss-reactive ketones (excluding diaryl/α,β-unsaturated/α-hetero) is 1. The first-order chi connectivity index (χ1) is 20.5. The zero-order valence-electron chi connectivity index (χ0n) is 24.7. The summed E-state index contributed by atoms with van der Waals surface area (Å²) in [6.07, 6.45) is 1.60. The van der Waals surface area contributed by atoms with Gasteiger partial charge in [0.05, 0.1) is 22.1 Å². The molecule has 232 valence electrons. The third-order valence-electron chi connectivity index (χ3n) is 9.34. The predicted octanol–water partition coefficient (Wildman–Crippen LogP) is 4.06. The van der Waals surface area contributed by atoms with Crippen LogP contribution in [0.5, 0.6) is 11.5 Å². The number of hydrogen-bond acceptors (Lipinski definition) is 9. The molecule has 0 radical (unpaired) electrons. The largest absolute Gasteiger partial charge is 0.506 e. The number of carbonyl (C=O) groups is 2. The lowest BCUT2D eigenvalue weighted by Crippen LogP contribution is -2.68. The van der Waals surface area contributed by atoms with Crippen molar-refractivity contribution in [2.75, 3.05) is 0 Å². The van der Waals surface area contributed by atoms with Gasteiger partial charge in [0.15, 0.2) is 11.9 Å². The van der Waals surface area contributed by atoms with Gasteiger partial charge in [-0.2, -0.15) is 0 Å². The highest BCUT2D eigenvalue weighted by Gasteiger charge is 2.58. The Labute approximate surface area is 250 Å². The van der Waals surface area contributed by atoms with Crippen LogP contribution in [0.25, 0.3) is 10.8 Å². The number of unbranched alkanes of at least 4 members (excludes halogenated alkanes) is 2. The Bertz CT molecular complexity index is 1460. The maximum absolute atomic E-state index is 12.4. The number of carboxylic acid groups (broad SMARTS) is 1. The number of aryl methyl sites for hydroxylation is 1. The number of ether oxygens (including phenoxy) is 3. The Balaban J connectivity index is 1.57. The van der Waals surface area contributed by atoms with Gasteiger partial charge in [0.2, 0.25) is 6.29 Å². The second-order valence-electron chi connectivity index (χ2n) is 12.3. The third kappa shape index (κ3) is 5.79. The van der Waals surface area contributed by atoms with Gasteiger partial charge in [-0.05, 0) is 74.4 Å². The lowest BCUT2D eigenvalue weighted by atomic mass is 9.64. The Morgan fingerprint density at radius 2 is 1.93 bits per heavy atom. The average Bonchev–Trinajstić information content (AvgIpc) is 2.95. The molecule has 5 N–H and O–H groups in total. The minimum atomic E-state index is -1.69. The molecule has 10 heteroatoms. The SMILES string of the molecule is CCCCCC1CC2CC#COC3C(O)C(O)C(Oc4cc(C(=O)O)cc5cc(C)c(C(C)=O)c(O)c45)OC3C1(O)CC2. The Kier molecular flexibility index (Phi) is 8.91. The van der Waals surface area contributed by atoms with Gasteiger partial charge in [0.1, 0.15) is 35.9 Å². The van der Waals surface area contributed by atoms with Gasteiger partial charge in [-0.1, -0.05) is 38.2 Å². The smallest absolute Gasteiger partial charge is 0.335 e. The normalized spacial score (nSPS) is 31.8. The Hall–Kier alpha value is -3.36. The van der Waals surface area contributed by atoms with Crippen molar-refractivity contribution < 1.29 is 49.3 Å². The molecule has 10 nitrogen and oxygen atoms in total. The van der Waals surface area contributed by atoms with E-state index in [0.717, 1.165) is 32.1 Å². The summed E-state index contributed by atoms with van der Waals surface area (Å²) in [5.74, 6) is 0.915. The van der Waals surface area contributed by atoms with Crippen LogP contribution in [0.4, 0.5) is 0 Å². The van der Waals surface area contributed by atoms with Crippen LogP contribution in [0.2, 0.25) is 0 Å². The summed E-state index contributed by atoms with van der Waals surface area (Å²) in [5, 5.41) is 56.1. The van der Waals surface area contributed by atoms with Crippen LogP contribution in [0.15, 0.2) is 18.2 Å². The Morgan fingerprint density at radius 3 is 2.63 bits per heavy atom. The molecule has 1 saturated carbocycles. The van der Waals surface area contributed by atoms with Crippen LogP contribution in [-0.2, 0) is 9.47 Å². The van der Waals surface area contributed by atoms with Crippen LogP contribution >= 0.6 is 0 Å². The predicted molar refractivity (Wildman–Crippen MR) is 156 cm³/mol. The minimum absolute atomic E-state index is 0.0472. The fraction of sp³-hybridized carbons (Fsp3) is 0.576. The van der Waals surface area contributed by atoms with E-state index in [1.807, 2.05) is 0 Å². The van der Waals surface area contributed by atoms with Gasteiger partial charge in [0, 0.05) is 6.42 Å². The topological polar surface area (TPSA) is 163 Å². The van der Waals surface area contributed by atoms with E-state index in [0.29, 0.717) is 30.2 Å². The van der Waals surface area contributed by atoms with E-state index in [9.17, 15) is 35.1 Å². The monoisotopic (exact) mass is 596 g/mol. The van der Waals surface area contributed by atoms with E-state index in [-0.39, 0.29) is 34.1 Å². The number of carboxylic acids is 1. The first-order valence-corrected chi connectivity index (χ1v) is 15.0. The zero-order chi connectivity index (χ0) is 31.1. The standard InChI is InChI=1S/C33H40O10/c1-4-5-6-9-22-14-19-8-7-12-41-29-27(36)28(37)32(43-30(29)33(22,40)11-10-19)42-23-16-21(31(38)39)15-20-13-17(2)24(18(3)34)26(35)25(20)23/h13,15-16,19,22,27-30,32,35-37,40H,4-6,8-11,14H2,1-3H3,(H,38,39). The number of carbonyl (C=O) groups excluding carboxylic acids is 1. The van der Waals surface area contributed by atoms with E-state index >= 15 is 0 Å². The van der Waals surface area contributed by atoms with E-state index in [1.165, 1.54) is 19.1 Å². The van der Waals surface area contributed by atoms with Crippen LogP contribution in [0.3, 0.4) is 0 Å². The number of hydrogen-bond donors (Lipinski definition) is 5. The molecule has 1 aliphatic carbocycles. The molecule has 43 heavy (non-hydrogen) atoms. The van der Waals surface area contributed by atoms with Gasteiger partial charge >= 0.3 is 5.97 Å². The fourth-order valence-corrected chi connectivity index (χ4v) is 7.10. The number of phenols is 1. The number of rotatable bonds is 8. The first kappa shape index (κ1) is 31.1. The second-order valence-corrected chi connectivity index (χ2v) is 12.3. The summed E-state index contributed by atoms with van der Waals surface area (Å²) in [6.45, 7) is 5.04. The fourth-order valence-electron chi connectivity index (χ4n) is 7.10. The van der Waals surface area contributed by atoms with Crippen molar-refractivity contribution in [2.24, 2.45) is 11.8 Å². The molecule has 6 rings (SSSR count). The highest BCUT2D eigenvalue weighted by Crippen LogP contribution is 2.48. The van der Waals surface area contributed by atoms with Crippen molar-refractivity contribution in [1.82, 2.24) is 0 Å². The molecule has 8 unspecified atom stereocenters. The molecule has 1 saturated heterocycles. The van der Waals surface area contributed by atoms with Crippen LogP contribution in [-0.4, -0.2) is 73.6 Å². The van der Waals surface area contributed by atoms with E-state index in [4.69, 9.17) is 14.2 Å². The van der Waals surface area contributed by atoms with Crippen molar-refractivity contribution in [3.05, 3.63) is 34.9 Å². The van der Waals surface area contributed by atoms with Gasteiger partial charge in [-0.3, -0.25) is 4.79 Å². The van der Waals surface area contributed by atoms with Gasteiger partial charge < -0.3 is 39.7 Å². The van der Waals surface area contributed by atoms with Crippen molar-refractivity contribution in [3.63, 3.8) is 0 Å². The molecule has 3 aliphatic heterocycles. The number of fused-ring (bicyclic) bond motifs is 5. The number of phenolic OH excluding ortho intramolecular Hbond substituents is 1. The van der Waals surface area contributed by atoms with Crippen LogP contribution in [0, 0.1) is 30.8 Å². The molecular formula is C33H40O10. The zero-order valence-corrected chi connectivity index (χ0v) is 24.7. The summed E-state index contributed by atoms with van der Waals surface area (Å²) in [5.41, 5.74) is -1.08. The number of aromatic hydroxyl groups is 1. The highest BCUT2D eigenvalue weighted by molar-refractivity contribution is 6.08. The summed E-state index contributed by atoms with van der Waals surface area (Å²) in [6, 6.07) is 4.09. The molecule has 4 aliphatic rings. The van der Waals surface area contributed by atoms with Crippen molar-refractivity contribution in [2.45, 2.75) is 108 Å². The van der Waals surface area contributed by atoms with E-state index in [2.05, 4.69) is 19.0 Å². The molecule has 2 fully saturated rings. The number of ketones is 1. The summed E-state index contributed by atoms with van der Waals surface area (Å²) >= 11 is 0. The van der Waals surface area contributed by atoms with Gasteiger partial charge in [-0.25, -0.2) is 4.79 Å². The van der Waals surface area contributed by atoms with Crippen LogP contribution in [0.1, 0.15) is 91.5 Å². The lowest BCUT2D eigenvalue weighted by molar-refractivity contribution is -0.316. The second kappa shape index (κ2) is 12.3. The van der Waals surface area contributed by atoms with Crippen molar-refractivity contribution in [1.29, 1.82) is 0 Å². The van der Waals surface area contributed by atoms with Crippen molar-refractivity contribution >= 4 is 22.5 Å². The maximum atomic E-state index is 12.4. The summed E-state index contributed by atoms with van der Waals surface area (Å²) in [4.78, 5) is 24.3. The molecule has 2 aromatic carbocycles. The quantitative estimate of drug-likeness (QED) is 0.171. The van der Waals surface area contributed by atoms with Gasteiger partial charge in [0.25, 0.3) is 0 Å². The van der Waals surface area contributed by atoms with E-state index in [1.54, 1.807) is 13.0 Å². The molecular weight excluding hydrogens is 556 g/mol. The minimum Gasteiger partial charge on any atom is -0.506 e. The molecule has 8 atom stereocenters. The van der Waals surface area contributed by atoms with Crippen LogP contribution < -0.4 is 4.74 Å². The number of aliphatic hydroxyl groups excluding tert-OH is 2. The summed E-state index contributed by atoms with van der Waals surface area (Å²) < 4.78 is 18.1. The molecule has 2 aromatic rings. The number of aliphatic hydroxyl groups is 3. The average molecular weight is 597 g/mol. The van der Waals surface area contributed by atoms with Gasteiger partial charge in [-0.15, -0.1) is 0 Å². The highest BCUT2D eigenvalue weighted by atomic mass is 16.7. The van der Waals surface area contributed by atoms with E-state index < -0.39 is 53.8 Å². The Morgan fingerprint density at radius 1 is 1.16 bits per heavy atom. The summed E-state index contributed by atoms with van der Waals surface area (Å²) in [7, 11) is 0. The molecule has 0 aromatic heterocycles. The lowest BCUT2D eigenvalue weighted by Gasteiger charge is -2.53. The molecule has 3 heterocycles.